The Balaban J connectivity index is 1.49. The van der Waals surface area contributed by atoms with Gasteiger partial charge in [-0.05, 0) is 43.2 Å². The van der Waals surface area contributed by atoms with Gasteiger partial charge in [-0.3, -0.25) is 0 Å². The quantitative estimate of drug-likeness (QED) is 0.335. The number of sulfonamides is 1. The molecule has 0 spiro atoms. The minimum Gasteiger partial charge on any atom is -0.366 e. The van der Waals surface area contributed by atoms with E-state index in [1.165, 1.54) is 12.1 Å². The van der Waals surface area contributed by atoms with Crippen LogP contribution in [0.25, 0.3) is 16.9 Å². The third-order valence-corrected chi connectivity index (χ3v) is 8.04. The maximum absolute atomic E-state index is 13.6. The summed E-state index contributed by atoms with van der Waals surface area (Å²) in [4.78, 5) is 9.60. The molecule has 0 aliphatic carbocycles. The highest BCUT2D eigenvalue weighted by molar-refractivity contribution is 7.90. The molecule has 188 valence electrons. The summed E-state index contributed by atoms with van der Waals surface area (Å²) in [5.74, 6) is 0.819. The average molecular weight is 510 g/mol. The van der Waals surface area contributed by atoms with Crippen LogP contribution in [0.1, 0.15) is 36.2 Å². The molecule has 0 bridgehead atoms. The molecule has 2 aromatic heterocycles. The van der Waals surface area contributed by atoms with Crippen LogP contribution in [0.3, 0.4) is 0 Å². The monoisotopic (exact) mass is 509 g/mol. The lowest BCUT2D eigenvalue weighted by Gasteiger charge is -2.21. The fourth-order valence-corrected chi connectivity index (χ4v) is 4.86. The van der Waals surface area contributed by atoms with Crippen LogP contribution in [-0.4, -0.2) is 40.0 Å². The molecular formula is C25H28FN7O2S. The number of aromatic nitrogens is 4. The first-order valence-electron chi connectivity index (χ1n) is 11.8. The number of anilines is 1. The molecule has 5 rings (SSSR count). The lowest BCUT2D eigenvalue weighted by molar-refractivity contribution is 0.572. The van der Waals surface area contributed by atoms with Gasteiger partial charge in [0.2, 0.25) is 10.0 Å². The Morgan fingerprint density at radius 2 is 1.97 bits per heavy atom. The summed E-state index contributed by atoms with van der Waals surface area (Å²) < 4.78 is 42.5. The number of hydrogen-bond donors (Lipinski definition) is 3. The second kappa shape index (κ2) is 9.92. The molecule has 1 aliphatic heterocycles. The van der Waals surface area contributed by atoms with E-state index in [0.29, 0.717) is 24.9 Å². The zero-order valence-electron chi connectivity index (χ0n) is 20.1. The Hall–Kier alpha value is -3.41. The molecule has 1 aliphatic rings. The van der Waals surface area contributed by atoms with Crippen molar-refractivity contribution >= 4 is 26.7 Å². The number of nitrogens with zero attached hydrogens (tertiary/aromatic N) is 4. The van der Waals surface area contributed by atoms with Crippen molar-refractivity contribution in [3.8, 4) is 5.95 Å². The lowest BCUT2D eigenvalue weighted by Crippen LogP contribution is -2.30. The third-order valence-electron chi connectivity index (χ3n) is 6.25. The van der Waals surface area contributed by atoms with E-state index < -0.39 is 15.3 Å². The van der Waals surface area contributed by atoms with Crippen molar-refractivity contribution in [1.82, 2.24) is 29.8 Å². The van der Waals surface area contributed by atoms with Crippen LogP contribution in [0, 0.1) is 5.82 Å². The van der Waals surface area contributed by atoms with E-state index in [4.69, 9.17) is 9.97 Å². The Bertz CT molecular complexity index is 1520. The summed E-state index contributed by atoms with van der Waals surface area (Å²) in [5.41, 5.74) is 4.33. The summed E-state index contributed by atoms with van der Waals surface area (Å²) >= 11 is 0. The number of nitrogens with one attached hydrogen (secondary N) is 3. The zero-order valence-corrected chi connectivity index (χ0v) is 20.9. The molecule has 11 heteroatoms. The number of halogens is 1. The second-order valence-electron chi connectivity index (χ2n) is 9.03. The maximum atomic E-state index is 13.6. The van der Waals surface area contributed by atoms with Crippen LogP contribution in [-0.2, 0) is 36.1 Å². The highest BCUT2D eigenvalue weighted by atomic mass is 32.2. The molecule has 3 N–H and O–H groups in total. The molecule has 0 atom stereocenters. The van der Waals surface area contributed by atoms with Crippen molar-refractivity contribution in [3.05, 3.63) is 76.9 Å². The average Bonchev–Trinajstić information content (AvgIpc) is 3.31. The Kier molecular flexibility index (Phi) is 6.69. The van der Waals surface area contributed by atoms with Crippen molar-refractivity contribution in [2.45, 2.75) is 45.2 Å². The third kappa shape index (κ3) is 4.95. The number of fused-ring (bicyclic) bond motifs is 2. The summed E-state index contributed by atoms with van der Waals surface area (Å²) in [6.07, 6.45) is 2.46. The molecule has 0 amide bonds. The molecule has 0 unspecified atom stereocenters. The Morgan fingerprint density at radius 1 is 1.14 bits per heavy atom. The van der Waals surface area contributed by atoms with Gasteiger partial charge in [0.05, 0.1) is 22.7 Å². The van der Waals surface area contributed by atoms with Gasteiger partial charge in [0, 0.05) is 43.5 Å². The zero-order chi connectivity index (χ0) is 25.3. The van der Waals surface area contributed by atoms with Gasteiger partial charge in [-0.15, -0.1) is 0 Å². The van der Waals surface area contributed by atoms with Gasteiger partial charge < -0.3 is 10.6 Å². The molecule has 36 heavy (non-hydrogen) atoms. The van der Waals surface area contributed by atoms with E-state index in [2.05, 4.69) is 20.5 Å². The van der Waals surface area contributed by atoms with E-state index in [-0.39, 0.29) is 12.4 Å². The first-order valence-corrected chi connectivity index (χ1v) is 13.4. The normalized spacial score (nSPS) is 13.8. The highest BCUT2D eigenvalue weighted by Crippen LogP contribution is 2.25. The van der Waals surface area contributed by atoms with E-state index in [1.807, 2.05) is 24.3 Å². The molecule has 0 saturated carbocycles. The molecule has 2 aromatic carbocycles. The highest BCUT2D eigenvalue weighted by Gasteiger charge is 2.21. The van der Waals surface area contributed by atoms with Gasteiger partial charge in [-0.25, -0.2) is 22.5 Å². The second-order valence-corrected chi connectivity index (χ2v) is 11.4. The fraction of sp³-hybridized carbons (Fsp3) is 0.320. The van der Waals surface area contributed by atoms with Gasteiger partial charge in [0.25, 0.3) is 5.95 Å². The van der Waals surface area contributed by atoms with E-state index in [0.717, 1.165) is 46.3 Å². The minimum absolute atomic E-state index is 0.167. The predicted octanol–water partition coefficient (Wildman–Crippen LogP) is 3.04. The van der Waals surface area contributed by atoms with Crippen LogP contribution in [0.2, 0.25) is 0 Å². The van der Waals surface area contributed by atoms with Crippen LogP contribution in [0.15, 0.2) is 48.7 Å². The first-order chi connectivity index (χ1) is 17.3. The van der Waals surface area contributed by atoms with Crippen LogP contribution >= 0.6 is 0 Å². The standard InChI is InChI=1S/C25H28FN7O2S/c1-16(2)36(34,35)30-13-18-6-4-8-23-20(18)15-29-33(23)25-31-22-9-10-27-14-21(22)24(32-25)28-12-17-5-3-7-19(26)11-17/h3-8,11,15-16,27,30H,9-10,12-14H2,1-2H3,(H,28,31,32). The van der Waals surface area contributed by atoms with Crippen molar-refractivity contribution in [2.24, 2.45) is 0 Å². The smallest absolute Gasteiger partial charge is 0.253 e. The topological polar surface area (TPSA) is 114 Å². The molecular weight excluding hydrogens is 481 g/mol. The largest absolute Gasteiger partial charge is 0.366 e. The van der Waals surface area contributed by atoms with Crippen molar-refractivity contribution in [3.63, 3.8) is 0 Å². The predicted molar refractivity (Wildman–Crippen MR) is 137 cm³/mol. The molecule has 3 heterocycles. The van der Waals surface area contributed by atoms with Crippen molar-refractivity contribution < 1.29 is 12.8 Å². The summed E-state index contributed by atoms with van der Waals surface area (Å²) in [5, 5.41) is 11.6. The van der Waals surface area contributed by atoms with Gasteiger partial charge >= 0.3 is 0 Å². The summed E-state index contributed by atoms with van der Waals surface area (Å²) in [7, 11) is -3.40. The number of rotatable bonds is 8. The molecule has 9 nitrogen and oxygen atoms in total. The molecule has 0 fully saturated rings. The van der Waals surface area contributed by atoms with E-state index in [1.54, 1.807) is 30.8 Å². The van der Waals surface area contributed by atoms with Crippen molar-refractivity contribution in [1.29, 1.82) is 0 Å². The minimum atomic E-state index is -3.40. The fourth-order valence-electron chi connectivity index (χ4n) is 4.17. The van der Waals surface area contributed by atoms with Gasteiger partial charge in [0.1, 0.15) is 11.6 Å². The Labute approximate surface area is 209 Å². The lowest BCUT2D eigenvalue weighted by atomic mass is 10.1. The van der Waals surface area contributed by atoms with E-state index >= 15 is 0 Å². The summed E-state index contributed by atoms with van der Waals surface area (Å²) in [6, 6.07) is 12.1. The van der Waals surface area contributed by atoms with Crippen LogP contribution < -0.4 is 15.4 Å². The number of hydrogen-bond acceptors (Lipinski definition) is 7. The molecule has 0 saturated heterocycles. The number of benzene rings is 2. The van der Waals surface area contributed by atoms with Crippen LogP contribution in [0.4, 0.5) is 10.2 Å². The van der Waals surface area contributed by atoms with Gasteiger partial charge in [0.15, 0.2) is 0 Å². The molecule has 4 aromatic rings. The maximum Gasteiger partial charge on any atom is 0.253 e. The van der Waals surface area contributed by atoms with E-state index in [9.17, 15) is 12.8 Å². The molecule has 0 radical (unpaired) electrons. The Morgan fingerprint density at radius 3 is 2.78 bits per heavy atom. The first kappa shape index (κ1) is 24.3. The van der Waals surface area contributed by atoms with Crippen LogP contribution in [0.5, 0.6) is 0 Å². The van der Waals surface area contributed by atoms with Gasteiger partial charge in [-0.2, -0.15) is 14.8 Å². The van der Waals surface area contributed by atoms with Gasteiger partial charge in [-0.1, -0.05) is 24.3 Å². The summed E-state index contributed by atoms with van der Waals surface area (Å²) in [6.45, 7) is 5.32. The SMILES string of the molecule is CC(C)S(=O)(=O)NCc1cccc2c1cnn2-c1nc2c(c(NCc3cccc(F)c3)n1)CNCC2. The van der Waals surface area contributed by atoms with Crippen molar-refractivity contribution in [2.75, 3.05) is 11.9 Å².